The summed E-state index contributed by atoms with van der Waals surface area (Å²) in [6.07, 6.45) is 3.20. The number of ether oxygens (including phenoxy) is 2. The largest absolute Gasteiger partial charge is 0.483 e. The van der Waals surface area contributed by atoms with Crippen LogP contribution in [-0.2, 0) is 9.53 Å². The van der Waals surface area contributed by atoms with Gasteiger partial charge in [-0.15, -0.1) is 6.58 Å². The molecule has 1 aliphatic rings. The monoisotopic (exact) mass is 370 g/mol. The lowest BCUT2D eigenvalue weighted by Crippen LogP contribution is -2.52. The number of fused-ring (bicyclic) bond motifs is 3. The minimum absolute atomic E-state index is 0.133. The number of rotatable bonds is 6. The average molecular weight is 370 g/mol. The van der Waals surface area contributed by atoms with Crippen LogP contribution < -0.4 is 10.4 Å². The minimum atomic E-state index is -1.12. The van der Waals surface area contributed by atoms with Gasteiger partial charge in [-0.3, -0.25) is 9.59 Å². The Hall–Kier alpha value is -2.89. The highest BCUT2D eigenvalue weighted by Gasteiger charge is 2.47. The Morgan fingerprint density at radius 1 is 1.22 bits per heavy atom. The van der Waals surface area contributed by atoms with Crippen molar-refractivity contribution in [2.75, 3.05) is 0 Å². The Morgan fingerprint density at radius 2 is 1.96 bits per heavy atom. The van der Waals surface area contributed by atoms with E-state index in [2.05, 4.69) is 6.58 Å². The van der Waals surface area contributed by atoms with Gasteiger partial charge in [0.1, 0.15) is 16.9 Å². The van der Waals surface area contributed by atoms with Crippen molar-refractivity contribution in [3.05, 3.63) is 52.9 Å². The molecular formula is C21H22O6. The fraction of sp³-hybridized carbons (Fsp3) is 0.381. The van der Waals surface area contributed by atoms with Crippen molar-refractivity contribution in [1.29, 1.82) is 0 Å². The first-order valence-electron chi connectivity index (χ1n) is 8.94. The summed E-state index contributed by atoms with van der Waals surface area (Å²) >= 11 is 0. The third-order valence-electron chi connectivity index (χ3n) is 4.53. The Labute approximate surface area is 156 Å². The predicted octanol–water partition coefficient (Wildman–Crippen LogP) is 3.80. The lowest BCUT2D eigenvalue weighted by Gasteiger charge is -2.37. The number of carbonyl (C=O) groups is 2. The SMILES string of the molecule is C=CCCCCC(=O)OC1C(=O)c2c(ccc3ccc(=O)oc23)OC1(C)C. The molecular weight excluding hydrogens is 348 g/mol. The molecule has 3 rings (SSSR count). The molecule has 0 saturated heterocycles. The quantitative estimate of drug-likeness (QED) is 0.333. The second-order valence-electron chi connectivity index (χ2n) is 7.09. The Morgan fingerprint density at radius 3 is 2.70 bits per heavy atom. The standard InChI is InChI=1S/C21H22O6/c1-4-5-6-7-8-15(22)26-20-18(24)17-14(27-21(20,2)3)11-9-13-10-12-16(23)25-19(13)17/h4,9-12,20H,1,5-8H2,2-3H3. The van der Waals surface area contributed by atoms with E-state index in [0.29, 0.717) is 17.6 Å². The molecule has 1 aromatic carbocycles. The Kier molecular flexibility index (Phi) is 5.17. The van der Waals surface area contributed by atoms with E-state index in [1.165, 1.54) is 6.07 Å². The number of hydrogen-bond donors (Lipinski definition) is 0. The predicted molar refractivity (Wildman–Crippen MR) is 100 cm³/mol. The number of esters is 1. The molecule has 0 aliphatic carbocycles. The van der Waals surface area contributed by atoms with Gasteiger partial charge < -0.3 is 13.9 Å². The molecule has 0 spiro atoms. The first-order valence-corrected chi connectivity index (χ1v) is 8.94. The number of carbonyl (C=O) groups excluding carboxylic acids is 2. The number of benzene rings is 1. The van der Waals surface area contributed by atoms with Crippen LogP contribution >= 0.6 is 0 Å². The van der Waals surface area contributed by atoms with Crippen LogP contribution in [0.5, 0.6) is 5.75 Å². The maximum atomic E-state index is 13.1. The van der Waals surface area contributed by atoms with Gasteiger partial charge in [0.05, 0.1) is 0 Å². The van der Waals surface area contributed by atoms with Crippen LogP contribution in [0.1, 0.15) is 49.9 Å². The molecule has 0 fully saturated rings. The first-order chi connectivity index (χ1) is 12.8. The molecule has 1 unspecified atom stereocenters. The zero-order valence-corrected chi connectivity index (χ0v) is 15.4. The maximum Gasteiger partial charge on any atom is 0.336 e. The number of Topliss-reactive ketones (excluding diaryl/α,β-unsaturated/α-hetero) is 1. The summed E-state index contributed by atoms with van der Waals surface area (Å²) in [5.74, 6) is -0.579. The van der Waals surface area contributed by atoms with Crippen molar-refractivity contribution in [3.8, 4) is 5.75 Å². The normalized spacial score (nSPS) is 17.9. The zero-order chi connectivity index (χ0) is 19.6. The fourth-order valence-electron chi connectivity index (χ4n) is 3.16. The summed E-state index contributed by atoms with van der Waals surface area (Å²) in [5, 5.41) is 0.597. The summed E-state index contributed by atoms with van der Waals surface area (Å²) in [6, 6.07) is 6.24. The van der Waals surface area contributed by atoms with Gasteiger partial charge in [-0.2, -0.15) is 0 Å². The van der Waals surface area contributed by atoms with Crippen LogP contribution in [0.4, 0.5) is 0 Å². The molecule has 2 heterocycles. The van der Waals surface area contributed by atoms with Gasteiger partial charge in [-0.25, -0.2) is 4.79 Å². The van der Waals surface area contributed by atoms with Gasteiger partial charge >= 0.3 is 11.6 Å². The summed E-state index contributed by atoms with van der Waals surface area (Å²) < 4.78 is 16.6. The second kappa shape index (κ2) is 7.39. The highest BCUT2D eigenvalue weighted by atomic mass is 16.6. The number of hydrogen-bond acceptors (Lipinski definition) is 6. The van der Waals surface area contributed by atoms with E-state index in [-0.39, 0.29) is 17.6 Å². The van der Waals surface area contributed by atoms with Crippen LogP contribution in [0, 0.1) is 0 Å². The summed E-state index contributed by atoms with van der Waals surface area (Å²) in [4.78, 5) is 37.0. The van der Waals surface area contributed by atoms with Crippen LogP contribution in [0.25, 0.3) is 11.0 Å². The third-order valence-corrected chi connectivity index (χ3v) is 4.53. The summed E-state index contributed by atoms with van der Waals surface area (Å²) in [5.41, 5.74) is -1.32. The van der Waals surface area contributed by atoms with Crippen LogP contribution in [0.15, 0.2) is 46.1 Å². The van der Waals surface area contributed by atoms with Crippen molar-refractivity contribution >= 4 is 22.7 Å². The van der Waals surface area contributed by atoms with Gasteiger partial charge in [0, 0.05) is 17.9 Å². The minimum Gasteiger partial charge on any atom is -0.483 e. The molecule has 1 atom stereocenters. The molecule has 6 heteroatoms. The van der Waals surface area contributed by atoms with Crippen molar-refractivity contribution in [3.63, 3.8) is 0 Å². The molecule has 6 nitrogen and oxygen atoms in total. The molecule has 0 saturated carbocycles. The summed E-state index contributed by atoms with van der Waals surface area (Å²) in [6.45, 7) is 7.02. The van der Waals surface area contributed by atoms with E-state index in [9.17, 15) is 14.4 Å². The van der Waals surface area contributed by atoms with Crippen molar-refractivity contribution in [1.82, 2.24) is 0 Å². The van der Waals surface area contributed by atoms with Crippen molar-refractivity contribution < 1.29 is 23.5 Å². The number of allylic oxidation sites excluding steroid dienone is 1. The van der Waals surface area contributed by atoms with Crippen molar-refractivity contribution in [2.24, 2.45) is 0 Å². The summed E-state index contributed by atoms with van der Waals surface area (Å²) in [7, 11) is 0. The highest BCUT2D eigenvalue weighted by Crippen LogP contribution is 2.38. The molecule has 142 valence electrons. The smallest absolute Gasteiger partial charge is 0.336 e. The molecule has 0 bridgehead atoms. The lowest BCUT2D eigenvalue weighted by molar-refractivity contribution is -0.156. The van der Waals surface area contributed by atoms with Gasteiger partial charge in [0.2, 0.25) is 11.9 Å². The molecule has 1 aliphatic heterocycles. The molecule has 0 radical (unpaired) electrons. The Bertz CT molecular complexity index is 953. The molecule has 0 N–H and O–H groups in total. The van der Waals surface area contributed by atoms with Crippen LogP contribution in [0.3, 0.4) is 0 Å². The maximum absolute atomic E-state index is 13.1. The number of unbranched alkanes of at least 4 members (excludes halogenated alkanes) is 2. The third kappa shape index (κ3) is 3.79. The van der Waals surface area contributed by atoms with Gasteiger partial charge in [0.15, 0.2) is 5.58 Å². The fourth-order valence-corrected chi connectivity index (χ4v) is 3.16. The first kappa shape index (κ1) is 18.9. The topological polar surface area (TPSA) is 82.8 Å². The zero-order valence-electron chi connectivity index (χ0n) is 15.4. The molecule has 2 aromatic rings. The van der Waals surface area contributed by atoms with E-state index in [4.69, 9.17) is 13.9 Å². The van der Waals surface area contributed by atoms with Gasteiger partial charge in [-0.1, -0.05) is 6.08 Å². The van der Waals surface area contributed by atoms with Crippen molar-refractivity contribution in [2.45, 2.75) is 51.2 Å². The van der Waals surface area contributed by atoms with E-state index in [1.54, 1.807) is 38.1 Å². The van der Waals surface area contributed by atoms with E-state index >= 15 is 0 Å². The van der Waals surface area contributed by atoms with E-state index in [1.807, 2.05) is 0 Å². The van der Waals surface area contributed by atoms with E-state index < -0.39 is 29.1 Å². The number of ketones is 1. The molecule has 27 heavy (non-hydrogen) atoms. The van der Waals surface area contributed by atoms with Gasteiger partial charge in [0.25, 0.3) is 0 Å². The van der Waals surface area contributed by atoms with E-state index in [0.717, 1.165) is 12.8 Å². The Balaban J connectivity index is 1.91. The average Bonchev–Trinajstić information content (AvgIpc) is 2.61. The van der Waals surface area contributed by atoms with Crippen LogP contribution in [-0.4, -0.2) is 23.5 Å². The van der Waals surface area contributed by atoms with Crippen LogP contribution in [0.2, 0.25) is 0 Å². The van der Waals surface area contributed by atoms with Gasteiger partial charge in [-0.05, 0) is 51.3 Å². The molecule has 0 amide bonds. The highest BCUT2D eigenvalue weighted by molar-refractivity contribution is 6.12. The molecule has 1 aromatic heterocycles. The second-order valence-corrected chi connectivity index (χ2v) is 7.09. The lowest BCUT2D eigenvalue weighted by atomic mass is 9.88.